The van der Waals surface area contributed by atoms with Gasteiger partial charge in [-0.15, -0.1) is 0 Å². The van der Waals surface area contributed by atoms with Gasteiger partial charge in [-0.3, -0.25) is 0 Å². The first-order chi connectivity index (χ1) is 26.1. The van der Waals surface area contributed by atoms with Crippen molar-refractivity contribution < 1.29 is 4.63 Å². The largest absolute Gasteiger partial charge is 0.311 e. The predicted molar refractivity (Wildman–Crippen MR) is 215 cm³/mol. The van der Waals surface area contributed by atoms with Crippen LogP contribution in [0.3, 0.4) is 0 Å². The third-order valence-electron chi connectivity index (χ3n) is 9.63. The number of hydrogen-bond donors (Lipinski definition) is 0. The topological polar surface area (TPSA) is 71.2 Å². The first-order valence-corrected chi connectivity index (χ1v) is 17.6. The van der Waals surface area contributed by atoms with Crippen LogP contribution in [0.2, 0.25) is 0 Å². The molecule has 0 aliphatic carbocycles. The van der Waals surface area contributed by atoms with Crippen LogP contribution >= 0.6 is 0 Å². The minimum atomic E-state index is 0.639. The Morgan fingerprint density at radius 3 is 0.925 bits per heavy atom. The maximum Gasteiger partial charge on any atom is 0.146 e. The maximum atomic E-state index is 5.50. The van der Waals surface area contributed by atoms with Gasteiger partial charge in [0.25, 0.3) is 0 Å². The van der Waals surface area contributed by atoms with E-state index in [-0.39, 0.29) is 0 Å². The Labute approximate surface area is 307 Å². The number of para-hydroxylation sites is 4. The minimum Gasteiger partial charge on any atom is -0.311 e. The lowest BCUT2D eigenvalue weighted by molar-refractivity contribution is 0.315. The van der Waals surface area contributed by atoms with E-state index in [0.29, 0.717) is 11.0 Å². The summed E-state index contributed by atoms with van der Waals surface area (Å²) in [6, 6.07) is 58.5. The number of aryl methyl sites for hydroxylation is 2. The van der Waals surface area contributed by atoms with Gasteiger partial charge in [0.1, 0.15) is 11.0 Å². The average molecular weight is 687 g/mol. The summed E-state index contributed by atoms with van der Waals surface area (Å²) in [4.78, 5) is 14.8. The highest BCUT2D eigenvalue weighted by Gasteiger charge is 2.24. The third-order valence-corrected chi connectivity index (χ3v) is 9.63. The quantitative estimate of drug-likeness (QED) is 0.157. The number of benzene rings is 7. The summed E-state index contributed by atoms with van der Waals surface area (Å²) in [6.45, 7) is 3.99. The second-order valence-corrected chi connectivity index (χ2v) is 12.9. The van der Waals surface area contributed by atoms with Crippen LogP contribution in [0.1, 0.15) is 11.4 Å². The molecule has 9 rings (SSSR count). The van der Waals surface area contributed by atoms with Crippen molar-refractivity contribution in [1.82, 2.24) is 20.3 Å². The molecule has 0 aliphatic rings. The average Bonchev–Trinajstić information content (AvgIpc) is 3.70. The molecule has 0 aliphatic heterocycles. The third kappa shape index (κ3) is 5.84. The smallest absolute Gasteiger partial charge is 0.146 e. The Bertz CT molecular complexity index is 2400. The van der Waals surface area contributed by atoms with Gasteiger partial charge in [-0.2, -0.15) is 0 Å². The molecule has 0 radical (unpaired) electrons. The van der Waals surface area contributed by atoms with Crippen molar-refractivity contribution in [3.63, 3.8) is 0 Å². The van der Waals surface area contributed by atoms with E-state index in [1.807, 2.05) is 38.1 Å². The Morgan fingerprint density at radius 2 is 0.623 bits per heavy atom. The molecule has 0 atom stereocenters. The van der Waals surface area contributed by atoms with Crippen molar-refractivity contribution in [2.75, 3.05) is 9.80 Å². The number of aromatic nitrogens is 4. The van der Waals surface area contributed by atoms with Crippen molar-refractivity contribution in [3.05, 3.63) is 181 Å². The second-order valence-electron chi connectivity index (χ2n) is 12.9. The van der Waals surface area contributed by atoms with Gasteiger partial charge >= 0.3 is 0 Å². The van der Waals surface area contributed by atoms with E-state index in [1.165, 1.54) is 0 Å². The zero-order valence-electron chi connectivity index (χ0n) is 29.3. The van der Waals surface area contributed by atoms with E-state index < -0.39 is 0 Å². The molecule has 254 valence electrons. The number of rotatable bonds is 8. The predicted octanol–water partition coefficient (Wildman–Crippen LogP) is 12.1. The van der Waals surface area contributed by atoms with Gasteiger partial charge in [0.05, 0.1) is 22.4 Å². The molecular weight excluding hydrogens is 653 g/mol. The van der Waals surface area contributed by atoms with E-state index in [9.17, 15) is 0 Å². The van der Waals surface area contributed by atoms with Gasteiger partial charge in [0.15, 0.2) is 0 Å². The van der Waals surface area contributed by atoms with E-state index in [0.717, 1.165) is 78.8 Å². The zero-order chi connectivity index (χ0) is 35.7. The minimum absolute atomic E-state index is 0.639. The first-order valence-electron chi connectivity index (χ1n) is 17.6. The van der Waals surface area contributed by atoms with Crippen LogP contribution in [0.25, 0.3) is 44.3 Å². The first kappa shape index (κ1) is 31.8. The summed E-state index contributed by atoms with van der Waals surface area (Å²) in [5.74, 6) is 0. The summed E-state index contributed by atoms with van der Waals surface area (Å²) in [5, 5.41) is 8.98. The molecule has 7 nitrogen and oxygen atoms in total. The Balaban J connectivity index is 1.18. The Morgan fingerprint density at radius 1 is 0.340 bits per heavy atom. The molecular formula is C46H34N6O. The summed E-state index contributed by atoms with van der Waals surface area (Å²) >= 11 is 0. The molecule has 0 N–H and O–H groups in total. The lowest BCUT2D eigenvalue weighted by Gasteiger charge is -2.25. The molecule has 0 unspecified atom stereocenters. The van der Waals surface area contributed by atoms with E-state index >= 15 is 0 Å². The molecule has 53 heavy (non-hydrogen) atoms. The maximum absolute atomic E-state index is 5.50. The fourth-order valence-corrected chi connectivity index (χ4v) is 7.00. The van der Waals surface area contributed by atoms with Gasteiger partial charge in [-0.05, 0) is 108 Å². The summed E-state index contributed by atoms with van der Waals surface area (Å²) in [6.07, 6.45) is 0. The summed E-state index contributed by atoms with van der Waals surface area (Å²) < 4.78 is 5.50. The van der Waals surface area contributed by atoms with Crippen LogP contribution in [0, 0.1) is 13.8 Å². The lowest BCUT2D eigenvalue weighted by atomic mass is 9.94. The van der Waals surface area contributed by atoms with Crippen LogP contribution in [0.15, 0.2) is 174 Å². The van der Waals surface area contributed by atoms with Crippen LogP contribution < -0.4 is 9.80 Å². The molecule has 0 spiro atoms. The standard InChI is InChI=1S/C46H34N6O/c1-31-32(2)48-44-42(34-25-29-40(30-26-34)52(37-19-11-5-12-20-37)38-21-13-6-14-22-38)46-45(49-53-50-46)41(43(44)47-31)33-23-27-39(28-24-33)51(35-15-7-3-8-16-35)36-17-9-4-10-18-36/h3-30H,1-2H3. The van der Waals surface area contributed by atoms with Crippen LogP contribution in [0.5, 0.6) is 0 Å². The van der Waals surface area contributed by atoms with E-state index in [2.05, 4.69) is 166 Å². The van der Waals surface area contributed by atoms with Crippen molar-refractivity contribution in [2.45, 2.75) is 13.8 Å². The molecule has 7 heteroatoms. The van der Waals surface area contributed by atoms with Crippen molar-refractivity contribution in [2.24, 2.45) is 0 Å². The highest BCUT2D eigenvalue weighted by Crippen LogP contribution is 2.43. The van der Waals surface area contributed by atoms with Crippen LogP contribution in [-0.4, -0.2) is 20.3 Å². The van der Waals surface area contributed by atoms with Crippen molar-refractivity contribution in [1.29, 1.82) is 0 Å². The van der Waals surface area contributed by atoms with Gasteiger partial charge in [-0.25, -0.2) is 14.6 Å². The normalized spacial score (nSPS) is 11.2. The SMILES string of the molecule is Cc1nc2c(-c3ccc(N(c4ccccc4)c4ccccc4)cc3)c3nonc3c(-c3ccc(N(c4ccccc4)c4ccccc4)cc3)c2nc1C. The number of fused-ring (bicyclic) bond motifs is 2. The molecule has 2 heterocycles. The monoisotopic (exact) mass is 686 g/mol. The number of nitrogens with zero attached hydrogens (tertiary/aromatic N) is 6. The summed E-state index contributed by atoms with van der Waals surface area (Å²) in [7, 11) is 0. The lowest BCUT2D eigenvalue weighted by Crippen LogP contribution is -2.09. The van der Waals surface area contributed by atoms with Gasteiger partial charge in [0.2, 0.25) is 0 Å². The van der Waals surface area contributed by atoms with Gasteiger partial charge in [-0.1, -0.05) is 97.1 Å². The zero-order valence-corrected chi connectivity index (χ0v) is 29.3. The Kier molecular flexibility index (Phi) is 8.13. The molecule has 0 fully saturated rings. The molecule has 2 aromatic heterocycles. The van der Waals surface area contributed by atoms with Crippen molar-refractivity contribution in [3.8, 4) is 22.3 Å². The van der Waals surface area contributed by atoms with E-state index in [4.69, 9.17) is 14.6 Å². The molecule has 9 aromatic rings. The fourth-order valence-electron chi connectivity index (χ4n) is 7.00. The number of anilines is 6. The molecule has 7 aromatic carbocycles. The molecule has 0 bridgehead atoms. The van der Waals surface area contributed by atoms with Gasteiger partial charge < -0.3 is 9.80 Å². The number of hydrogen-bond acceptors (Lipinski definition) is 7. The molecule has 0 amide bonds. The summed E-state index contributed by atoms with van der Waals surface area (Å²) in [5.41, 5.74) is 14.4. The highest BCUT2D eigenvalue weighted by molar-refractivity contribution is 6.16. The van der Waals surface area contributed by atoms with Crippen LogP contribution in [0.4, 0.5) is 34.1 Å². The fraction of sp³-hybridized carbons (Fsp3) is 0.0435. The second kappa shape index (κ2) is 13.5. The molecule has 0 saturated heterocycles. The van der Waals surface area contributed by atoms with Crippen molar-refractivity contribution >= 4 is 56.2 Å². The molecule has 0 saturated carbocycles. The van der Waals surface area contributed by atoms with E-state index in [1.54, 1.807) is 0 Å². The van der Waals surface area contributed by atoms with Gasteiger partial charge in [0, 0.05) is 45.3 Å². The highest BCUT2D eigenvalue weighted by atomic mass is 16.6. The Hall–Kier alpha value is -7.12. The van der Waals surface area contributed by atoms with Crippen LogP contribution in [-0.2, 0) is 0 Å².